The third-order valence-corrected chi connectivity index (χ3v) is 2.84. The lowest BCUT2D eigenvalue weighted by atomic mass is 10.0. The lowest BCUT2D eigenvalue weighted by Crippen LogP contribution is -2.29. The molecule has 0 radical (unpaired) electrons. The van der Waals surface area contributed by atoms with Crippen LogP contribution in [0.3, 0.4) is 0 Å². The van der Waals surface area contributed by atoms with Crippen LogP contribution in [0.15, 0.2) is 18.2 Å². The first-order chi connectivity index (χ1) is 8.91. The van der Waals surface area contributed by atoms with Crippen LogP contribution in [0.5, 0.6) is 0 Å². The average molecular weight is 285 g/mol. The third-order valence-electron chi connectivity index (χ3n) is 2.52. The van der Waals surface area contributed by atoms with Crippen molar-refractivity contribution in [3.63, 3.8) is 0 Å². The third kappa shape index (κ3) is 4.79. The van der Waals surface area contributed by atoms with E-state index in [1.807, 2.05) is 19.9 Å². The second kappa shape index (κ2) is 6.99. The number of benzene rings is 1. The fourth-order valence-electron chi connectivity index (χ4n) is 1.55. The molecule has 0 aromatic heterocycles. The maximum Gasteiger partial charge on any atom is 0.404 e. The summed E-state index contributed by atoms with van der Waals surface area (Å²) in [5, 5.41) is 3.17. The van der Waals surface area contributed by atoms with Crippen LogP contribution in [0.1, 0.15) is 35.7 Å². The van der Waals surface area contributed by atoms with Crippen LogP contribution in [0.25, 0.3) is 0 Å². The molecule has 0 aliphatic heterocycles. The minimum Gasteiger partial charge on any atom is -0.448 e. The van der Waals surface area contributed by atoms with Crippen molar-refractivity contribution < 1.29 is 14.3 Å². The number of halogens is 1. The smallest absolute Gasteiger partial charge is 0.404 e. The first kappa shape index (κ1) is 15.3. The highest BCUT2D eigenvalue weighted by Gasteiger charge is 2.10. The van der Waals surface area contributed by atoms with E-state index in [1.165, 1.54) is 0 Å². The monoisotopic (exact) mass is 284 g/mol. The van der Waals surface area contributed by atoms with Gasteiger partial charge in [-0.1, -0.05) is 31.5 Å². The van der Waals surface area contributed by atoms with Crippen LogP contribution >= 0.6 is 11.6 Å². The molecule has 0 heterocycles. The molecule has 0 atom stereocenters. The van der Waals surface area contributed by atoms with Crippen molar-refractivity contribution in [2.45, 2.75) is 19.8 Å². The molecule has 0 fully saturated rings. The predicted octanol–water partition coefficient (Wildman–Crippen LogP) is 2.29. The van der Waals surface area contributed by atoms with Gasteiger partial charge in [0.15, 0.2) is 0 Å². The number of nitrogens with one attached hydrogen (secondary N) is 1. The molecule has 104 valence electrons. The SMILES string of the molecule is CC(C)c1ccc(C(=O)NCCOC(N)=O)cc1Cl. The van der Waals surface area contributed by atoms with Gasteiger partial charge in [0.25, 0.3) is 5.91 Å². The predicted molar refractivity (Wildman–Crippen MR) is 73.4 cm³/mol. The molecule has 0 bridgehead atoms. The van der Waals surface area contributed by atoms with E-state index in [0.717, 1.165) is 5.56 Å². The van der Waals surface area contributed by atoms with E-state index in [0.29, 0.717) is 16.5 Å². The summed E-state index contributed by atoms with van der Waals surface area (Å²) < 4.78 is 4.50. The van der Waals surface area contributed by atoms with Gasteiger partial charge in [-0.25, -0.2) is 4.79 Å². The highest BCUT2D eigenvalue weighted by atomic mass is 35.5. The van der Waals surface area contributed by atoms with Crippen LogP contribution in [0.2, 0.25) is 5.02 Å². The van der Waals surface area contributed by atoms with Gasteiger partial charge < -0.3 is 15.8 Å². The molecule has 6 heteroatoms. The Labute approximate surface area is 117 Å². The Balaban J connectivity index is 2.58. The first-order valence-electron chi connectivity index (χ1n) is 5.91. The molecule has 5 nitrogen and oxygen atoms in total. The zero-order valence-corrected chi connectivity index (χ0v) is 11.7. The minimum atomic E-state index is -0.862. The van der Waals surface area contributed by atoms with Crippen molar-refractivity contribution in [3.05, 3.63) is 34.3 Å². The summed E-state index contributed by atoms with van der Waals surface area (Å²) in [7, 11) is 0. The van der Waals surface area contributed by atoms with Gasteiger partial charge in [-0.3, -0.25) is 4.79 Å². The van der Waals surface area contributed by atoms with Gasteiger partial charge in [0.2, 0.25) is 0 Å². The number of primary amides is 1. The van der Waals surface area contributed by atoms with E-state index in [4.69, 9.17) is 17.3 Å². The van der Waals surface area contributed by atoms with E-state index >= 15 is 0 Å². The van der Waals surface area contributed by atoms with E-state index in [-0.39, 0.29) is 19.1 Å². The van der Waals surface area contributed by atoms with Crippen LogP contribution in [0.4, 0.5) is 4.79 Å². The first-order valence-corrected chi connectivity index (χ1v) is 6.29. The molecule has 0 saturated heterocycles. The molecule has 1 rings (SSSR count). The van der Waals surface area contributed by atoms with Gasteiger partial charge in [0.1, 0.15) is 6.61 Å². The summed E-state index contributed by atoms with van der Waals surface area (Å²) in [6.07, 6.45) is -0.862. The highest BCUT2D eigenvalue weighted by Crippen LogP contribution is 2.25. The Hall–Kier alpha value is -1.75. The van der Waals surface area contributed by atoms with E-state index < -0.39 is 6.09 Å². The molecule has 0 aliphatic rings. The number of nitrogens with two attached hydrogens (primary N) is 1. The molecule has 0 saturated carbocycles. The Kier molecular flexibility index (Phi) is 5.63. The number of rotatable bonds is 5. The second-order valence-electron chi connectivity index (χ2n) is 4.31. The molecular formula is C13H17ClN2O3. The van der Waals surface area contributed by atoms with E-state index in [2.05, 4.69) is 10.1 Å². The maximum atomic E-state index is 11.8. The molecule has 3 N–H and O–H groups in total. The largest absolute Gasteiger partial charge is 0.448 e. The number of carbonyl (C=O) groups is 2. The number of hydrogen-bond donors (Lipinski definition) is 2. The fourth-order valence-corrected chi connectivity index (χ4v) is 1.95. The molecule has 0 aliphatic carbocycles. The molecular weight excluding hydrogens is 268 g/mol. The second-order valence-corrected chi connectivity index (χ2v) is 4.72. The summed E-state index contributed by atoms with van der Waals surface area (Å²) in [5.74, 6) is 0.0267. The molecule has 0 spiro atoms. The number of hydrogen-bond acceptors (Lipinski definition) is 3. The molecule has 0 unspecified atom stereocenters. The highest BCUT2D eigenvalue weighted by molar-refractivity contribution is 6.31. The lowest BCUT2D eigenvalue weighted by Gasteiger charge is -2.10. The molecule has 2 amide bonds. The number of amides is 2. The molecule has 19 heavy (non-hydrogen) atoms. The van der Waals surface area contributed by atoms with Crippen molar-refractivity contribution in [2.24, 2.45) is 5.73 Å². The normalized spacial score (nSPS) is 10.3. The summed E-state index contributed by atoms with van der Waals surface area (Å²) in [5.41, 5.74) is 6.26. The zero-order chi connectivity index (χ0) is 14.4. The van der Waals surface area contributed by atoms with Gasteiger partial charge in [0.05, 0.1) is 6.54 Å². The maximum absolute atomic E-state index is 11.8. The quantitative estimate of drug-likeness (QED) is 0.814. The average Bonchev–Trinajstić information content (AvgIpc) is 2.33. The van der Waals surface area contributed by atoms with Crippen LogP contribution < -0.4 is 11.1 Å². The van der Waals surface area contributed by atoms with E-state index in [1.54, 1.807) is 12.1 Å². The molecule has 1 aromatic rings. The summed E-state index contributed by atoms with van der Waals surface area (Å²) in [6, 6.07) is 5.18. The van der Waals surface area contributed by atoms with Crippen molar-refractivity contribution in [1.82, 2.24) is 5.32 Å². The fraction of sp³-hybridized carbons (Fsp3) is 0.385. The van der Waals surface area contributed by atoms with Crippen molar-refractivity contribution in [2.75, 3.05) is 13.2 Å². The summed E-state index contributed by atoms with van der Waals surface area (Å²) in [4.78, 5) is 22.1. The summed E-state index contributed by atoms with van der Waals surface area (Å²) >= 11 is 6.11. The van der Waals surface area contributed by atoms with Crippen LogP contribution in [-0.2, 0) is 4.74 Å². The van der Waals surface area contributed by atoms with Gasteiger partial charge in [-0.2, -0.15) is 0 Å². The van der Waals surface area contributed by atoms with Crippen LogP contribution in [0, 0.1) is 0 Å². The Morgan fingerprint density at radius 3 is 2.63 bits per heavy atom. The standard InChI is InChI=1S/C13H17ClN2O3/c1-8(2)10-4-3-9(7-11(10)14)12(17)16-5-6-19-13(15)18/h3-4,7-8H,5-6H2,1-2H3,(H2,15,18)(H,16,17). The van der Waals surface area contributed by atoms with Gasteiger partial charge in [0, 0.05) is 10.6 Å². The van der Waals surface area contributed by atoms with Gasteiger partial charge in [-0.15, -0.1) is 0 Å². The lowest BCUT2D eigenvalue weighted by molar-refractivity contribution is 0.0937. The van der Waals surface area contributed by atoms with Crippen molar-refractivity contribution in [1.29, 1.82) is 0 Å². The zero-order valence-electron chi connectivity index (χ0n) is 10.9. The number of ether oxygens (including phenoxy) is 1. The summed E-state index contributed by atoms with van der Waals surface area (Å²) in [6.45, 7) is 4.30. The van der Waals surface area contributed by atoms with Crippen molar-refractivity contribution in [3.8, 4) is 0 Å². The topological polar surface area (TPSA) is 81.4 Å². The minimum absolute atomic E-state index is 0.0406. The van der Waals surface area contributed by atoms with Crippen molar-refractivity contribution >= 4 is 23.6 Å². The Morgan fingerprint density at radius 2 is 2.11 bits per heavy atom. The van der Waals surface area contributed by atoms with E-state index in [9.17, 15) is 9.59 Å². The van der Waals surface area contributed by atoms with Crippen LogP contribution in [-0.4, -0.2) is 25.2 Å². The Bertz CT molecular complexity index is 475. The molecule has 1 aromatic carbocycles. The Morgan fingerprint density at radius 1 is 1.42 bits per heavy atom. The number of carbonyl (C=O) groups excluding carboxylic acids is 2. The van der Waals surface area contributed by atoms with Gasteiger partial charge >= 0.3 is 6.09 Å². The van der Waals surface area contributed by atoms with Gasteiger partial charge in [-0.05, 0) is 23.6 Å².